The minimum atomic E-state index is -0.551. The average Bonchev–Trinajstić information content (AvgIpc) is 2.33. The Balaban J connectivity index is -0.000000183. The second-order valence-electron chi connectivity index (χ2n) is 2.96. The molecule has 4 heteroatoms. The molecule has 4 nitrogen and oxygen atoms in total. The van der Waals surface area contributed by atoms with E-state index in [-0.39, 0.29) is 0 Å². The number of hydrogen-bond donors (Lipinski definition) is 2. The fourth-order valence-electron chi connectivity index (χ4n) is 0.730. The summed E-state index contributed by atoms with van der Waals surface area (Å²) >= 11 is 0. The molecule has 0 saturated carbocycles. The summed E-state index contributed by atoms with van der Waals surface area (Å²) in [5.41, 5.74) is 0. The van der Waals surface area contributed by atoms with Crippen molar-refractivity contribution < 1.29 is 19.7 Å². The van der Waals surface area contributed by atoms with Crippen LogP contribution in [0.5, 0.6) is 0 Å². The molecule has 102 valence electrons. The van der Waals surface area contributed by atoms with E-state index in [1.165, 1.54) is 14.2 Å². The van der Waals surface area contributed by atoms with E-state index in [0.29, 0.717) is 0 Å². The van der Waals surface area contributed by atoms with Crippen molar-refractivity contribution >= 4 is 0 Å². The topological polar surface area (TPSA) is 58.9 Å². The van der Waals surface area contributed by atoms with Gasteiger partial charge in [-0.3, -0.25) is 0 Å². The molecule has 0 aliphatic heterocycles. The minimum Gasteiger partial charge on any atom is -0.368 e. The van der Waals surface area contributed by atoms with Crippen molar-refractivity contribution in [2.75, 3.05) is 14.2 Å². The van der Waals surface area contributed by atoms with E-state index in [4.69, 9.17) is 10.2 Å². The first-order chi connectivity index (χ1) is 7.62. The van der Waals surface area contributed by atoms with Gasteiger partial charge in [-0.2, -0.15) is 0 Å². The predicted molar refractivity (Wildman–Crippen MR) is 67.2 cm³/mol. The van der Waals surface area contributed by atoms with E-state index in [1.54, 1.807) is 0 Å². The van der Waals surface area contributed by atoms with Gasteiger partial charge >= 0.3 is 0 Å². The summed E-state index contributed by atoms with van der Waals surface area (Å²) in [4.78, 5) is 0. The summed E-state index contributed by atoms with van der Waals surface area (Å²) in [6, 6.07) is 0. The molecule has 2 atom stereocenters. The van der Waals surface area contributed by atoms with Crippen LogP contribution in [0.15, 0.2) is 0 Å². The van der Waals surface area contributed by atoms with Crippen molar-refractivity contribution in [2.45, 2.75) is 66.0 Å². The highest BCUT2D eigenvalue weighted by molar-refractivity contribution is 4.35. The molecule has 0 aliphatic carbocycles. The summed E-state index contributed by atoms with van der Waals surface area (Å²) in [5, 5.41) is 17.3. The van der Waals surface area contributed by atoms with Gasteiger partial charge in [0.25, 0.3) is 0 Å². The second kappa shape index (κ2) is 20.3. The lowest BCUT2D eigenvalue weighted by Gasteiger charge is -2.03. The van der Waals surface area contributed by atoms with Gasteiger partial charge in [0, 0.05) is 14.2 Å². The second-order valence-corrected chi connectivity index (χ2v) is 2.96. The van der Waals surface area contributed by atoms with Crippen molar-refractivity contribution in [2.24, 2.45) is 0 Å². The van der Waals surface area contributed by atoms with Gasteiger partial charge in [0.2, 0.25) is 0 Å². The van der Waals surface area contributed by atoms with Gasteiger partial charge in [-0.25, -0.2) is 0 Å². The maximum Gasteiger partial charge on any atom is 0.154 e. The number of hydrogen-bond acceptors (Lipinski definition) is 4. The molecule has 0 rings (SSSR count). The highest BCUT2D eigenvalue weighted by atomic mass is 16.6. The molecule has 2 N–H and O–H groups in total. The molecule has 0 aliphatic rings. The zero-order chi connectivity index (χ0) is 13.4. The van der Waals surface area contributed by atoms with Crippen LogP contribution < -0.4 is 0 Å². The van der Waals surface area contributed by atoms with Crippen LogP contribution in [0.2, 0.25) is 0 Å². The van der Waals surface area contributed by atoms with Gasteiger partial charge in [-0.1, -0.05) is 40.5 Å². The first kappa shape index (κ1) is 21.2. The Morgan fingerprint density at radius 2 is 1.06 bits per heavy atom. The van der Waals surface area contributed by atoms with Crippen molar-refractivity contribution in [3.8, 4) is 0 Å². The molecule has 16 heavy (non-hydrogen) atoms. The lowest BCUT2D eigenvalue weighted by atomic mass is 10.3. The summed E-state index contributed by atoms with van der Waals surface area (Å²) in [5.74, 6) is 0. The first-order valence-corrected chi connectivity index (χ1v) is 6.04. The Kier molecular flexibility index (Phi) is 26.8. The molecule has 0 spiro atoms. The molecule has 0 radical (unpaired) electrons. The van der Waals surface area contributed by atoms with Crippen LogP contribution in [0.1, 0.15) is 53.4 Å². The SMILES string of the molecule is CC.CCCC(O)OC.CCCC(O)OC. The Morgan fingerprint density at radius 3 is 1.12 bits per heavy atom. The zero-order valence-electron chi connectivity index (χ0n) is 11.7. The molecule has 0 amide bonds. The monoisotopic (exact) mass is 238 g/mol. The molecule has 0 aromatic heterocycles. The van der Waals surface area contributed by atoms with Crippen LogP contribution >= 0.6 is 0 Å². The van der Waals surface area contributed by atoms with Crippen LogP contribution in [-0.2, 0) is 9.47 Å². The van der Waals surface area contributed by atoms with Gasteiger partial charge in [0.05, 0.1) is 0 Å². The fourth-order valence-corrected chi connectivity index (χ4v) is 0.730. The zero-order valence-corrected chi connectivity index (χ0v) is 11.7. The van der Waals surface area contributed by atoms with Crippen molar-refractivity contribution in [1.29, 1.82) is 0 Å². The number of aliphatic hydroxyl groups excluding tert-OH is 2. The molecule has 0 aromatic carbocycles. The standard InChI is InChI=1S/2C5H12O2.C2H6/c2*1-3-4-5(6)7-2;1-2/h2*5-6H,3-4H2,1-2H3;1-2H3. The van der Waals surface area contributed by atoms with Crippen molar-refractivity contribution in [3.63, 3.8) is 0 Å². The van der Waals surface area contributed by atoms with Crippen molar-refractivity contribution in [3.05, 3.63) is 0 Å². The van der Waals surface area contributed by atoms with E-state index in [2.05, 4.69) is 9.47 Å². The van der Waals surface area contributed by atoms with Gasteiger partial charge in [-0.05, 0) is 12.8 Å². The highest BCUT2D eigenvalue weighted by Crippen LogP contribution is 1.94. The van der Waals surface area contributed by atoms with Crippen LogP contribution in [0.25, 0.3) is 0 Å². The molecule has 0 aromatic rings. The first-order valence-electron chi connectivity index (χ1n) is 6.04. The number of methoxy groups -OCH3 is 2. The van der Waals surface area contributed by atoms with E-state index in [9.17, 15) is 0 Å². The van der Waals surface area contributed by atoms with Crippen LogP contribution in [0.3, 0.4) is 0 Å². The highest BCUT2D eigenvalue weighted by Gasteiger charge is 1.95. The van der Waals surface area contributed by atoms with Gasteiger partial charge in [0.1, 0.15) is 0 Å². The number of ether oxygens (including phenoxy) is 2. The Bertz CT molecular complexity index is 87.0. The smallest absolute Gasteiger partial charge is 0.154 e. The fraction of sp³-hybridized carbons (Fsp3) is 1.00. The number of aliphatic hydroxyl groups is 2. The van der Waals surface area contributed by atoms with Crippen LogP contribution in [0.4, 0.5) is 0 Å². The molecule has 0 saturated heterocycles. The number of rotatable bonds is 6. The molecule has 0 bridgehead atoms. The van der Waals surface area contributed by atoms with E-state index in [0.717, 1.165) is 25.7 Å². The largest absolute Gasteiger partial charge is 0.368 e. The molecular formula is C12H30O4. The Labute approximate surface area is 101 Å². The lowest BCUT2D eigenvalue weighted by molar-refractivity contribution is -0.0786. The van der Waals surface area contributed by atoms with Crippen LogP contribution in [0, 0.1) is 0 Å². The van der Waals surface area contributed by atoms with Gasteiger partial charge < -0.3 is 19.7 Å². The maximum atomic E-state index is 8.64. The van der Waals surface area contributed by atoms with E-state index >= 15 is 0 Å². The predicted octanol–water partition coefficient (Wildman–Crippen LogP) is 2.53. The van der Waals surface area contributed by atoms with Crippen LogP contribution in [-0.4, -0.2) is 37.0 Å². The van der Waals surface area contributed by atoms with Gasteiger partial charge in [0.15, 0.2) is 12.6 Å². The minimum absolute atomic E-state index is 0.551. The third-order valence-electron chi connectivity index (χ3n) is 1.62. The quantitative estimate of drug-likeness (QED) is 0.698. The Hall–Kier alpha value is -0.160. The molecular weight excluding hydrogens is 208 g/mol. The van der Waals surface area contributed by atoms with Crippen molar-refractivity contribution in [1.82, 2.24) is 0 Å². The Morgan fingerprint density at radius 1 is 0.812 bits per heavy atom. The van der Waals surface area contributed by atoms with E-state index < -0.39 is 12.6 Å². The van der Waals surface area contributed by atoms with Gasteiger partial charge in [-0.15, -0.1) is 0 Å². The summed E-state index contributed by atoms with van der Waals surface area (Å²) in [6.45, 7) is 8.00. The molecule has 0 fully saturated rings. The van der Waals surface area contributed by atoms with E-state index in [1.807, 2.05) is 27.7 Å². The summed E-state index contributed by atoms with van der Waals surface area (Å²) < 4.78 is 9.09. The third kappa shape index (κ3) is 23.6. The third-order valence-corrected chi connectivity index (χ3v) is 1.62. The molecule has 2 unspecified atom stereocenters. The summed E-state index contributed by atoms with van der Waals surface area (Å²) in [6.07, 6.45) is 2.30. The lowest BCUT2D eigenvalue weighted by Crippen LogP contribution is -2.06. The maximum absolute atomic E-state index is 8.64. The molecule has 0 heterocycles. The average molecular weight is 238 g/mol. The normalized spacial score (nSPS) is 12.8. The summed E-state index contributed by atoms with van der Waals surface area (Å²) in [7, 11) is 3.00.